The Balaban J connectivity index is 2.09. The third-order valence-corrected chi connectivity index (χ3v) is 4.28. The van der Waals surface area contributed by atoms with Gasteiger partial charge in [0.1, 0.15) is 11.5 Å². The van der Waals surface area contributed by atoms with Crippen molar-refractivity contribution in [3.63, 3.8) is 0 Å². The highest BCUT2D eigenvalue weighted by Gasteiger charge is 2.15. The molecule has 0 saturated heterocycles. The number of rotatable bonds is 10. The van der Waals surface area contributed by atoms with Gasteiger partial charge in [0.2, 0.25) is 0 Å². The van der Waals surface area contributed by atoms with Gasteiger partial charge in [0, 0.05) is 25.9 Å². The smallest absolute Gasteiger partial charge is 0.322 e. The fourth-order valence-electron chi connectivity index (χ4n) is 2.55. The van der Waals surface area contributed by atoms with Crippen molar-refractivity contribution in [3.05, 3.63) is 54.1 Å². The average molecular weight is 423 g/mol. The largest absolute Gasteiger partial charge is 0.494 e. The number of amides is 2. The normalized spacial score (nSPS) is 11.0. The van der Waals surface area contributed by atoms with E-state index in [0.717, 1.165) is 17.6 Å². The lowest BCUT2D eigenvalue weighted by atomic mass is 10.2. The Bertz CT molecular complexity index is 899. The highest BCUT2D eigenvalue weighted by Crippen LogP contribution is 2.19. The van der Waals surface area contributed by atoms with Gasteiger partial charge in [0.15, 0.2) is 0 Å². The number of hydrogen-bond donors (Lipinski definition) is 1. The Hall–Kier alpha value is -2.78. The van der Waals surface area contributed by atoms with Crippen molar-refractivity contribution in [2.75, 3.05) is 38.4 Å². The summed E-state index contributed by atoms with van der Waals surface area (Å²) < 4.78 is 38.1. The number of hydrogen-bond acceptors (Lipinski definition) is 6. The molecule has 2 aromatic carbocycles. The van der Waals surface area contributed by atoms with Crippen molar-refractivity contribution in [1.29, 1.82) is 0 Å². The summed E-state index contributed by atoms with van der Waals surface area (Å²) >= 11 is 0. The van der Waals surface area contributed by atoms with E-state index >= 15 is 0 Å². The number of ether oxygens (including phenoxy) is 2. The zero-order valence-electron chi connectivity index (χ0n) is 16.8. The van der Waals surface area contributed by atoms with E-state index in [-0.39, 0.29) is 18.3 Å². The molecule has 0 heterocycles. The van der Waals surface area contributed by atoms with Crippen LogP contribution in [0.25, 0.3) is 0 Å². The van der Waals surface area contributed by atoms with Crippen LogP contribution in [0.2, 0.25) is 0 Å². The second kappa shape index (κ2) is 10.7. The van der Waals surface area contributed by atoms with Gasteiger partial charge in [0.25, 0.3) is 0 Å². The quantitative estimate of drug-likeness (QED) is 0.591. The lowest BCUT2D eigenvalue weighted by Crippen LogP contribution is -2.36. The van der Waals surface area contributed by atoms with Crippen LogP contribution in [0.5, 0.6) is 11.5 Å². The molecule has 2 rings (SSSR count). The fraction of sp³-hybridized carbons (Fsp3) is 0.350. The lowest BCUT2D eigenvalue weighted by molar-refractivity contribution is 0.153. The summed E-state index contributed by atoms with van der Waals surface area (Å²) in [5.41, 5.74) is 1.36. The van der Waals surface area contributed by atoms with Crippen molar-refractivity contribution >= 4 is 21.8 Å². The molecule has 2 amide bonds. The molecular weight excluding hydrogens is 396 g/mol. The first-order chi connectivity index (χ1) is 13.8. The van der Waals surface area contributed by atoms with Gasteiger partial charge < -0.3 is 23.9 Å². The average Bonchev–Trinajstić information content (AvgIpc) is 2.66. The lowest BCUT2D eigenvalue weighted by Gasteiger charge is -2.23. The molecule has 0 fully saturated rings. The number of anilines is 1. The Kier molecular flexibility index (Phi) is 8.29. The van der Waals surface area contributed by atoms with E-state index in [1.54, 1.807) is 60.5 Å². The molecule has 0 aliphatic heterocycles. The topological polar surface area (TPSA) is 94.2 Å². The molecule has 2 aromatic rings. The maximum atomic E-state index is 12.7. The third-order valence-electron chi connectivity index (χ3n) is 3.79. The van der Waals surface area contributed by atoms with Gasteiger partial charge in [-0.15, -0.1) is 0 Å². The summed E-state index contributed by atoms with van der Waals surface area (Å²) in [4.78, 5) is 14.3. The highest BCUT2D eigenvalue weighted by atomic mass is 32.2. The van der Waals surface area contributed by atoms with E-state index in [9.17, 15) is 13.2 Å². The van der Waals surface area contributed by atoms with E-state index in [0.29, 0.717) is 25.4 Å². The summed E-state index contributed by atoms with van der Waals surface area (Å²) in [5, 5.41) is 2.84. The molecule has 9 heteroatoms. The second-order valence-electron chi connectivity index (χ2n) is 6.24. The van der Waals surface area contributed by atoms with Crippen molar-refractivity contribution in [3.8, 4) is 11.5 Å². The molecule has 0 aromatic heterocycles. The molecule has 158 valence electrons. The van der Waals surface area contributed by atoms with Crippen LogP contribution >= 0.6 is 0 Å². The molecular formula is C20H26N2O6S. The molecule has 29 heavy (non-hydrogen) atoms. The molecule has 0 bridgehead atoms. The maximum absolute atomic E-state index is 12.7. The first-order valence-corrected chi connectivity index (χ1v) is 10.9. The van der Waals surface area contributed by atoms with Crippen LogP contribution in [-0.4, -0.2) is 52.5 Å². The Morgan fingerprint density at radius 2 is 1.83 bits per heavy atom. The van der Waals surface area contributed by atoms with Crippen LogP contribution in [0.3, 0.4) is 0 Å². The number of nitrogens with zero attached hydrogens (tertiary/aromatic N) is 1. The van der Waals surface area contributed by atoms with Crippen molar-refractivity contribution < 1.29 is 26.9 Å². The summed E-state index contributed by atoms with van der Waals surface area (Å²) in [7, 11) is -2.07. The van der Waals surface area contributed by atoms with Crippen LogP contribution in [0.4, 0.5) is 10.5 Å². The predicted molar refractivity (Wildman–Crippen MR) is 111 cm³/mol. The van der Waals surface area contributed by atoms with Crippen LogP contribution in [0.15, 0.2) is 48.5 Å². The number of urea groups is 1. The first kappa shape index (κ1) is 22.5. The zero-order chi connectivity index (χ0) is 21.3. The molecule has 0 aliphatic carbocycles. The van der Waals surface area contributed by atoms with Gasteiger partial charge in [-0.05, 0) is 48.9 Å². The number of methoxy groups -OCH3 is 1. The Morgan fingerprint density at radius 3 is 2.45 bits per heavy atom. The molecule has 0 radical (unpaired) electrons. The van der Waals surface area contributed by atoms with E-state index in [1.165, 1.54) is 0 Å². The van der Waals surface area contributed by atoms with Gasteiger partial charge >= 0.3 is 16.1 Å². The fourth-order valence-corrected chi connectivity index (χ4v) is 3.00. The number of carbonyl (C=O) groups excluding carboxylic acids is 1. The van der Waals surface area contributed by atoms with E-state index in [1.807, 2.05) is 6.92 Å². The Labute approximate surface area is 171 Å². The van der Waals surface area contributed by atoms with Gasteiger partial charge in [-0.25, -0.2) is 4.79 Å². The number of benzene rings is 2. The van der Waals surface area contributed by atoms with Gasteiger partial charge in [0.05, 0.1) is 19.5 Å². The highest BCUT2D eigenvalue weighted by molar-refractivity contribution is 7.86. The Morgan fingerprint density at radius 1 is 1.10 bits per heavy atom. The van der Waals surface area contributed by atoms with Crippen LogP contribution in [0.1, 0.15) is 12.5 Å². The molecule has 1 N–H and O–H groups in total. The summed E-state index contributed by atoms with van der Waals surface area (Å²) in [6.07, 6.45) is 0.981. The first-order valence-electron chi connectivity index (χ1n) is 9.07. The monoisotopic (exact) mass is 422 g/mol. The molecule has 0 atom stereocenters. The van der Waals surface area contributed by atoms with Crippen LogP contribution < -0.4 is 14.2 Å². The molecule has 0 aliphatic rings. The maximum Gasteiger partial charge on any atom is 0.322 e. The predicted octanol–water partition coefficient (Wildman–Crippen LogP) is 3.10. The SMILES string of the molecule is CCOc1ccc(NC(=O)N(CCOC)Cc2cccc(OS(C)(=O)=O)c2)cc1. The minimum atomic E-state index is -3.62. The summed E-state index contributed by atoms with van der Waals surface area (Å²) in [6, 6.07) is 13.4. The minimum absolute atomic E-state index is 0.198. The zero-order valence-corrected chi connectivity index (χ0v) is 17.6. The van der Waals surface area contributed by atoms with Crippen molar-refractivity contribution in [2.24, 2.45) is 0 Å². The number of nitrogens with one attached hydrogen (secondary N) is 1. The van der Waals surface area contributed by atoms with Gasteiger partial charge in [-0.1, -0.05) is 12.1 Å². The standard InChI is InChI=1S/C20H26N2O6S/c1-4-27-18-10-8-17(9-11-18)21-20(23)22(12-13-26-2)15-16-6-5-7-19(14-16)28-29(3,24)25/h5-11,14H,4,12-13,15H2,1-3H3,(H,21,23). The molecule has 8 nitrogen and oxygen atoms in total. The van der Waals surface area contributed by atoms with E-state index in [2.05, 4.69) is 5.32 Å². The molecule has 0 spiro atoms. The summed E-state index contributed by atoms with van der Waals surface area (Å²) in [5.74, 6) is 0.924. The van der Waals surface area contributed by atoms with Crippen LogP contribution in [0, 0.1) is 0 Å². The molecule has 0 unspecified atom stereocenters. The summed E-state index contributed by atoms with van der Waals surface area (Å²) in [6.45, 7) is 3.44. The van der Waals surface area contributed by atoms with Crippen LogP contribution in [-0.2, 0) is 21.4 Å². The van der Waals surface area contributed by atoms with Gasteiger partial charge in [-0.3, -0.25) is 0 Å². The number of carbonyl (C=O) groups is 1. The molecule has 0 saturated carbocycles. The van der Waals surface area contributed by atoms with E-state index in [4.69, 9.17) is 13.7 Å². The minimum Gasteiger partial charge on any atom is -0.494 e. The van der Waals surface area contributed by atoms with E-state index < -0.39 is 10.1 Å². The third kappa shape index (κ3) is 8.00. The second-order valence-corrected chi connectivity index (χ2v) is 7.81. The van der Waals surface area contributed by atoms with Gasteiger partial charge in [-0.2, -0.15) is 8.42 Å². The van der Waals surface area contributed by atoms with Crippen molar-refractivity contribution in [1.82, 2.24) is 4.90 Å². The van der Waals surface area contributed by atoms with Crippen molar-refractivity contribution in [2.45, 2.75) is 13.5 Å².